The Morgan fingerprint density at radius 2 is 1.82 bits per heavy atom. The maximum atomic E-state index is 10.4. The fourth-order valence-corrected chi connectivity index (χ4v) is 0.457. The van der Waals surface area contributed by atoms with Crippen molar-refractivity contribution >= 4 is 17.7 Å². The lowest BCUT2D eigenvalue weighted by Crippen LogP contribution is -2.31. The quantitative estimate of drug-likeness (QED) is 0.229. The van der Waals surface area contributed by atoms with Crippen LogP contribution in [-0.4, -0.2) is 22.8 Å². The Morgan fingerprint density at radius 1 is 1.36 bits per heavy atom. The third-order valence-electron chi connectivity index (χ3n) is 0.947. The molecule has 0 fully saturated rings. The Hall–Kier alpha value is -1.65. The number of hydrogen-bond donors (Lipinski definition) is 1. The Kier molecular flexibility index (Phi) is 2.98. The summed E-state index contributed by atoms with van der Waals surface area (Å²) in [6, 6.07) is 0. The topological polar surface area (TPSA) is 94.5 Å². The Balaban J connectivity index is 4.69. The van der Waals surface area contributed by atoms with Gasteiger partial charge in [0.05, 0.1) is 5.97 Å². The van der Waals surface area contributed by atoms with Crippen LogP contribution in [0.5, 0.6) is 0 Å². The third kappa shape index (κ3) is 2.21. The zero-order chi connectivity index (χ0) is 9.02. The van der Waals surface area contributed by atoms with Crippen molar-refractivity contribution < 1.29 is 24.6 Å². The second-order valence-corrected chi connectivity index (χ2v) is 1.62. The summed E-state index contributed by atoms with van der Waals surface area (Å²) in [6.07, 6.45) is 0.881. The summed E-state index contributed by atoms with van der Waals surface area (Å²) in [5, 5.41) is 18.1. The molecule has 5 heteroatoms. The monoisotopic (exact) mass is 157 g/mol. The summed E-state index contributed by atoms with van der Waals surface area (Å²) >= 11 is 0. The van der Waals surface area contributed by atoms with E-state index in [4.69, 9.17) is 5.11 Å². The second-order valence-electron chi connectivity index (χ2n) is 1.62. The van der Waals surface area contributed by atoms with Crippen molar-refractivity contribution in [2.75, 3.05) is 0 Å². The van der Waals surface area contributed by atoms with E-state index in [0.717, 1.165) is 6.08 Å². The van der Waals surface area contributed by atoms with Gasteiger partial charge in [0.2, 0.25) is 0 Å². The number of allylic oxidation sites excluding steroid dienone is 1. The highest BCUT2D eigenvalue weighted by atomic mass is 16.4. The molecule has 0 aliphatic carbocycles. The Bertz CT molecular complexity index is 237. The van der Waals surface area contributed by atoms with Crippen molar-refractivity contribution in [1.29, 1.82) is 0 Å². The number of ketones is 1. The van der Waals surface area contributed by atoms with Crippen LogP contribution in [0.1, 0.15) is 6.92 Å². The number of hydrogen-bond acceptors (Lipinski definition) is 4. The summed E-state index contributed by atoms with van der Waals surface area (Å²) in [5.74, 6) is -5.05. The molecule has 0 aromatic heterocycles. The van der Waals surface area contributed by atoms with Gasteiger partial charge in [0.15, 0.2) is 0 Å². The molecular formula is C6H5O5-. The van der Waals surface area contributed by atoms with Crippen LogP contribution < -0.4 is 5.11 Å². The van der Waals surface area contributed by atoms with E-state index in [1.807, 2.05) is 0 Å². The van der Waals surface area contributed by atoms with E-state index in [1.54, 1.807) is 0 Å². The molecule has 1 N–H and O–H groups in total. The van der Waals surface area contributed by atoms with E-state index < -0.39 is 23.3 Å². The molecule has 0 atom stereocenters. The van der Waals surface area contributed by atoms with Gasteiger partial charge in [-0.15, -0.1) is 0 Å². The second kappa shape index (κ2) is 3.50. The molecule has 0 spiro atoms. The van der Waals surface area contributed by atoms with Gasteiger partial charge in [-0.2, -0.15) is 0 Å². The van der Waals surface area contributed by atoms with Gasteiger partial charge >= 0.3 is 5.97 Å². The molecule has 0 aromatic carbocycles. The Labute approximate surface area is 61.9 Å². The van der Waals surface area contributed by atoms with Crippen LogP contribution in [0.2, 0.25) is 0 Å². The van der Waals surface area contributed by atoms with Crippen LogP contribution in [0, 0.1) is 0 Å². The van der Waals surface area contributed by atoms with Gasteiger partial charge in [-0.1, -0.05) is 6.08 Å². The highest BCUT2D eigenvalue weighted by Crippen LogP contribution is 1.94. The van der Waals surface area contributed by atoms with Crippen LogP contribution in [0.3, 0.4) is 0 Å². The molecule has 5 nitrogen and oxygen atoms in total. The number of rotatable bonds is 3. The average Bonchev–Trinajstić information content (AvgIpc) is 1.88. The van der Waals surface area contributed by atoms with Crippen LogP contribution in [0.15, 0.2) is 11.6 Å². The molecule has 0 saturated carbocycles. The van der Waals surface area contributed by atoms with Crippen molar-refractivity contribution in [2.45, 2.75) is 6.92 Å². The molecule has 0 aliphatic rings. The van der Waals surface area contributed by atoms with Crippen LogP contribution in [0.4, 0.5) is 0 Å². The predicted molar refractivity (Wildman–Crippen MR) is 31.4 cm³/mol. The van der Waals surface area contributed by atoms with Crippen molar-refractivity contribution in [1.82, 2.24) is 0 Å². The summed E-state index contributed by atoms with van der Waals surface area (Å²) in [5.41, 5.74) is -0.836. The first kappa shape index (κ1) is 9.35. The van der Waals surface area contributed by atoms with Crippen molar-refractivity contribution in [3.8, 4) is 0 Å². The first-order valence-electron chi connectivity index (χ1n) is 2.66. The van der Waals surface area contributed by atoms with Gasteiger partial charge < -0.3 is 15.0 Å². The standard InChI is InChI=1S/C6H6O5/c1-2-3(5(8)9)4(7)6(10)11/h2H,1H3,(H,8,9)(H,10,11)/p-1/b3-2+. The summed E-state index contributed by atoms with van der Waals surface area (Å²) < 4.78 is 0. The van der Waals surface area contributed by atoms with Gasteiger partial charge in [0, 0.05) is 5.57 Å². The third-order valence-corrected chi connectivity index (χ3v) is 0.947. The molecule has 0 heterocycles. The van der Waals surface area contributed by atoms with E-state index in [2.05, 4.69) is 0 Å². The highest BCUT2D eigenvalue weighted by molar-refractivity contribution is 6.45. The molecule has 0 rings (SSSR count). The molecule has 0 unspecified atom stereocenters. The highest BCUT2D eigenvalue weighted by Gasteiger charge is 2.16. The first-order chi connectivity index (χ1) is 5.00. The van der Waals surface area contributed by atoms with Crippen molar-refractivity contribution in [3.05, 3.63) is 11.6 Å². The number of carboxylic acids is 2. The van der Waals surface area contributed by atoms with Crippen molar-refractivity contribution in [2.24, 2.45) is 0 Å². The largest absolute Gasteiger partial charge is 0.545 e. The number of aliphatic carboxylic acids is 2. The lowest BCUT2D eigenvalue weighted by molar-refractivity contribution is -0.298. The van der Waals surface area contributed by atoms with Gasteiger partial charge in [0.1, 0.15) is 0 Å². The molecule has 0 bridgehead atoms. The number of carbonyl (C=O) groups is 3. The molecule has 0 amide bonds. The van der Waals surface area contributed by atoms with Gasteiger partial charge in [-0.25, -0.2) is 4.79 Å². The normalized spacial score (nSPS) is 10.8. The fourth-order valence-electron chi connectivity index (χ4n) is 0.457. The number of carbonyl (C=O) groups excluding carboxylic acids is 2. The Morgan fingerprint density at radius 3 is 1.91 bits per heavy atom. The minimum Gasteiger partial charge on any atom is -0.545 e. The summed E-state index contributed by atoms with van der Waals surface area (Å²) in [6.45, 7) is 1.24. The molecular weight excluding hydrogens is 152 g/mol. The average molecular weight is 157 g/mol. The first-order valence-corrected chi connectivity index (χ1v) is 2.66. The lowest BCUT2D eigenvalue weighted by Gasteiger charge is -2.01. The van der Waals surface area contributed by atoms with E-state index in [-0.39, 0.29) is 0 Å². The lowest BCUT2D eigenvalue weighted by atomic mass is 10.1. The minimum absolute atomic E-state index is 0.836. The van der Waals surface area contributed by atoms with Gasteiger partial charge in [0.25, 0.3) is 5.78 Å². The number of Topliss-reactive ketones (excluding diaryl/α,β-unsaturated/α-hetero) is 1. The molecule has 0 saturated heterocycles. The van der Waals surface area contributed by atoms with Crippen LogP contribution >= 0.6 is 0 Å². The number of carboxylic acid groups (broad SMARTS) is 2. The molecule has 0 aliphatic heterocycles. The zero-order valence-corrected chi connectivity index (χ0v) is 5.66. The SMILES string of the molecule is C/C=C(/C(=O)[O-])C(=O)C(=O)O. The minimum atomic E-state index is -1.80. The molecule has 0 radical (unpaired) electrons. The van der Waals surface area contributed by atoms with E-state index >= 15 is 0 Å². The van der Waals surface area contributed by atoms with Crippen LogP contribution in [-0.2, 0) is 14.4 Å². The summed E-state index contributed by atoms with van der Waals surface area (Å²) in [7, 11) is 0. The molecule has 60 valence electrons. The van der Waals surface area contributed by atoms with Gasteiger partial charge in [-0.05, 0) is 6.92 Å². The summed E-state index contributed by atoms with van der Waals surface area (Å²) in [4.78, 5) is 30.4. The maximum Gasteiger partial charge on any atom is 0.377 e. The molecule has 0 aromatic rings. The van der Waals surface area contributed by atoms with Crippen molar-refractivity contribution in [3.63, 3.8) is 0 Å². The van der Waals surface area contributed by atoms with E-state index in [9.17, 15) is 19.5 Å². The molecule has 11 heavy (non-hydrogen) atoms. The van der Waals surface area contributed by atoms with E-state index in [0.29, 0.717) is 0 Å². The maximum absolute atomic E-state index is 10.4. The van der Waals surface area contributed by atoms with E-state index in [1.165, 1.54) is 6.92 Å². The predicted octanol–water partition coefficient (Wildman–Crippen LogP) is -1.66. The van der Waals surface area contributed by atoms with Crippen LogP contribution in [0.25, 0.3) is 0 Å². The fraction of sp³-hybridized carbons (Fsp3) is 0.167. The zero-order valence-electron chi connectivity index (χ0n) is 5.66. The smallest absolute Gasteiger partial charge is 0.377 e. The van der Waals surface area contributed by atoms with Gasteiger partial charge in [-0.3, -0.25) is 4.79 Å².